The molecule has 0 aromatic rings. The van der Waals surface area contributed by atoms with Crippen LogP contribution in [0.1, 0.15) is 86.0 Å². The number of Topliss-reactive ketones (excluding diaryl/α,β-unsaturated/α-hetero) is 1. The topological polar surface area (TPSA) is 117 Å². The van der Waals surface area contributed by atoms with E-state index in [1.54, 1.807) is 13.8 Å². The summed E-state index contributed by atoms with van der Waals surface area (Å²) < 4.78 is 12.4. The van der Waals surface area contributed by atoms with Crippen LogP contribution in [0.4, 0.5) is 0 Å². The van der Waals surface area contributed by atoms with E-state index in [0.29, 0.717) is 19.3 Å². The summed E-state index contributed by atoms with van der Waals surface area (Å²) in [6.07, 6.45) is 3.10. The van der Waals surface area contributed by atoms with Crippen LogP contribution in [0.25, 0.3) is 0 Å². The summed E-state index contributed by atoms with van der Waals surface area (Å²) in [5.41, 5.74) is -7.08. The van der Waals surface area contributed by atoms with Gasteiger partial charge in [-0.1, -0.05) is 33.3 Å². The number of fused-ring (bicyclic) bond motifs is 3. The fourth-order valence-corrected chi connectivity index (χ4v) is 8.31. The molecule has 37 heavy (non-hydrogen) atoms. The molecule has 0 aromatic carbocycles. The molecular formula is C29H47NO7. The van der Waals surface area contributed by atoms with Gasteiger partial charge < -0.3 is 29.7 Å². The fourth-order valence-electron chi connectivity index (χ4n) is 8.31. The van der Waals surface area contributed by atoms with Gasteiger partial charge in [-0.3, -0.25) is 9.59 Å². The number of ether oxygens (including phenoxy) is 2. The van der Waals surface area contributed by atoms with Crippen molar-refractivity contribution in [2.75, 3.05) is 19.6 Å². The zero-order valence-electron chi connectivity index (χ0n) is 23.3. The Kier molecular flexibility index (Phi) is 7.52. The molecule has 0 aromatic heterocycles. The first kappa shape index (κ1) is 28.7. The van der Waals surface area contributed by atoms with E-state index in [4.69, 9.17) is 9.47 Å². The second-order valence-corrected chi connectivity index (χ2v) is 13.2. The Bertz CT molecular complexity index is 916. The van der Waals surface area contributed by atoms with Gasteiger partial charge in [-0.25, -0.2) is 0 Å². The summed E-state index contributed by atoms with van der Waals surface area (Å²) in [6, 6.07) is 0. The lowest BCUT2D eigenvalue weighted by Crippen LogP contribution is -2.86. The number of rotatable bonds is 6. The summed E-state index contributed by atoms with van der Waals surface area (Å²) in [7, 11) is 0. The van der Waals surface area contributed by atoms with Crippen LogP contribution < -0.4 is 0 Å². The number of hydrogen-bond donors (Lipinski definition) is 3. The highest BCUT2D eigenvalue weighted by atomic mass is 16.6. The summed E-state index contributed by atoms with van der Waals surface area (Å²) in [6.45, 7) is 15.6. The normalized spacial score (nSPS) is 46.0. The van der Waals surface area contributed by atoms with Gasteiger partial charge in [0.2, 0.25) is 0 Å². The molecule has 8 nitrogen and oxygen atoms in total. The number of aliphatic hydroxyl groups is 3. The van der Waals surface area contributed by atoms with Crippen molar-refractivity contribution in [2.45, 2.75) is 121 Å². The van der Waals surface area contributed by atoms with Gasteiger partial charge in [0, 0.05) is 24.2 Å². The molecule has 8 atom stereocenters. The van der Waals surface area contributed by atoms with Crippen molar-refractivity contribution in [3.63, 3.8) is 0 Å². The third kappa shape index (κ3) is 4.31. The highest BCUT2D eigenvalue weighted by molar-refractivity contribution is 5.92. The van der Waals surface area contributed by atoms with Crippen LogP contribution in [-0.2, 0) is 19.1 Å². The van der Waals surface area contributed by atoms with Gasteiger partial charge in [0.15, 0.2) is 17.5 Å². The highest BCUT2D eigenvalue weighted by Crippen LogP contribution is 2.67. The van der Waals surface area contributed by atoms with Crippen LogP contribution in [0.5, 0.6) is 0 Å². The highest BCUT2D eigenvalue weighted by Gasteiger charge is 2.81. The molecule has 4 fully saturated rings. The number of nitrogens with zero attached hydrogens (tertiary/aromatic N) is 1. The van der Waals surface area contributed by atoms with Gasteiger partial charge in [-0.05, 0) is 71.0 Å². The smallest absolute Gasteiger partial charge is 0.306 e. The molecule has 2 heterocycles. The Morgan fingerprint density at radius 1 is 1.16 bits per heavy atom. The SMILES string of the molecule is C=C[C@@]1(C)CC(=O)[C@]2(O)C3(C)C(C(O)C(OC(=O)CCCN4CCCCC4)[C@@]2(C)O1)C(C)(C)CC[C@@H]3O. The molecule has 4 unspecified atom stereocenters. The quantitative estimate of drug-likeness (QED) is 0.361. The Morgan fingerprint density at radius 3 is 2.43 bits per heavy atom. The molecule has 0 bridgehead atoms. The number of esters is 1. The maximum Gasteiger partial charge on any atom is 0.306 e. The van der Waals surface area contributed by atoms with Crippen LogP contribution in [-0.4, -0.2) is 86.7 Å². The Hall–Kier alpha value is -1.32. The second-order valence-electron chi connectivity index (χ2n) is 13.2. The average molecular weight is 522 g/mol. The van der Waals surface area contributed by atoms with E-state index in [-0.39, 0.29) is 12.8 Å². The summed E-state index contributed by atoms with van der Waals surface area (Å²) >= 11 is 0. The molecule has 4 rings (SSSR count). The number of aliphatic hydroxyl groups excluding tert-OH is 2. The summed E-state index contributed by atoms with van der Waals surface area (Å²) in [5, 5.41) is 35.7. The lowest BCUT2D eigenvalue weighted by molar-refractivity contribution is -0.370. The summed E-state index contributed by atoms with van der Waals surface area (Å²) in [4.78, 5) is 29.4. The zero-order valence-corrected chi connectivity index (χ0v) is 23.3. The molecule has 0 amide bonds. The van der Waals surface area contributed by atoms with Crippen molar-refractivity contribution < 1.29 is 34.4 Å². The molecule has 2 saturated heterocycles. The predicted octanol–water partition coefficient (Wildman–Crippen LogP) is 2.77. The molecule has 4 aliphatic rings. The minimum Gasteiger partial charge on any atom is -0.456 e. The first-order valence-corrected chi connectivity index (χ1v) is 14.0. The number of carbonyl (C=O) groups excluding carboxylic acids is 2. The molecule has 2 aliphatic carbocycles. The standard InChI is InChI=1S/C29H47NO7/c1-7-26(4)18-20(32)29(35)27(5)19(31)13-14-25(2,3)23(27)22(34)24(28(29,6)37-26)36-21(33)12-11-17-30-15-9-8-10-16-30/h7,19,22-24,31,34-35H,1,8-18H2,2-6H3/t19-,22?,23?,24?,26-,27?,28+,29-/m0/s1. The summed E-state index contributed by atoms with van der Waals surface area (Å²) in [5.74, 6) is -1.70. The van der Waals surface area contributed by atoms with Gasteiger partial charge in [-0.15, -0.1) is 6.58 Å². The van der Waals surface area contributed by atoms with E-state index in [0.717, 1.165) is 19.6 Å². The Balaban J connectivity index is 1.69. The molecule has 3 N–H and O–H groups in total. The number of ketones is 1. The number of piperidine rings is 1. The molecule has 8 heteroatoms. The van der Waals surface area contributed by atoms with Crippen LogP contribution >= 0.6 is 0 Å². The average Bonchev–Trinajstić information content (AvgIpc) is 2.83. The molecule has 2 aliphatic heterocycles. The van der Waals surface area contributed by atoms with Crippen molar-refractivity contribution in [1.82, 2.24) is 4.90 Å². The van der Waals surface area contributed by atoms with Crippen molar-refractivity contribution >= 4 is 11.8 Å². The lowest BCUT2D eigenvalue weighted by atomic mass is 9.40. The second kappa shape index (κ2) is 9.70. The monoisotopic (exact) mass is 521 g/mol. The minimum atomic E-state index is -2.19. The van der Waals surface area contributed by atoms with Crippen molar-refractivity contribution in [3.05, 3.63) is 12.7 Å². The first-order chi connectivity index (χ1) is 17.2. The maximum atomic E-state index is 13.9. The third-order valence-corrected chi connectivity index (χ3v) is 10.3. The first-order valence-electron chi connectivity index (χ1n) is 14.0. The van der Waals surface area contributed by atoms with Crippen LogP contribution in [0.3, 0.4) is 0 Å². The van der Waals surface area contributed by atoms with Gasteiger partial charge in [0.05, 0.1) is 17.8 Å². The molecule has 0 spiro atoms. The minimum absolute atomic E-state index is 0.134. The van der Waals surface area contributed by atoms with E-state index in [1.165, 1.54) is 32.3 Å². The predicted molar refractivity (Wildman–Crippen MR) is 139 cm³/mol. The Labute approximate surface area is 221 Å². The van der Waals surface area contributed by atoms with Crippen molar-refractivity contribution in [2.24, 2.45) is 16.7 Å². The lowest BCUT2D eigenvalue weighted by Gasteiger charge is -2.71. The van der Waals surface area contributed by atoms with Gasteiger partial charge >= 0.3 is 5.97 Å². The number of hydrogen-bond acceptors (Lipinski definition) is 8. The van der Waals surface area contributed by atoms with Crippen LogP contribution in [0, 0.1) is 16.7 Å². The van der Waals surface area contributed by atoms with Crippen molar-refractivity contribution in [3.8, 4) is 0 Å². The number of carbonyl (C=O) groups is 2. The van der Waals surface area contributed by atoms with E-state index < -0.39 is 63.6 Å². The largest absolute Gasteiger partial charge is 0.456 e. The fraction of sp³-hybridized carbons (Fsp3) is 0.862. The van der Waals surface area contributed by atoms with Gasteiger partial charge in [0.25, 0.3) is 0 Å². The van der Waals surface area contributed by atoms with E-state index in [2.05, 4.69) is 11.5 Å². The Morgan fingerprint density at radius 2 is 1.81 bits per heavy atom. The maximum absolute atomic E-state index is 13.9. The third-order valence-electron chi connectivity index (χ3n) is 10.3. The zero-order chi connectivity index (χ0) is 27.4. The molecule has 210 valence electrons. The van der Waals surface area contributed by atoms with Gasteiger partial charge in [0.1, 0.15) is 5.60 Å². The van der Waals surface area contributed by atoms with Crippen LogP contribution in [0.2, 0.25) is 0 Å². The number of likely N-dealkylation sites (tertiary alicyclic amines) is 1. The van der Waals surface area contributed by atoms with Gasteiger partial charge in [-0.2, -0.15) is 0 Å². The van der Waals surface area contributed by atoms with E-state index in [1.807, 2.05) is 13.8 Å². The molecule has 2 saturated carbocycles. The molecule has 0 radical (unpaired) electrons. The molecular weight excluding hydrogens is 474 g/mol. The van der Waals surface area contributed by atoms with Crippen molar-refractivity contribution in [1.29, 1.82) is 0 Å². The van der Waals surface area contributed by atoms with E-state index in [9.17, 15) is 24.9 Å². The van der Waals surface area contributed by atoms with E-state index >= 15 is 0 Å². The van der Waals surface area contributed by atoms with Crippen LogP contribution in [0.15, 0.2) is 12.7 Å².